The highest BCUT2D eigenvalue weighted by atomic mass is 32.1. The van der Waals surface area contributed by atoms with Crippen molar-refractivity contribution < 1.29 is 4.74 Å². The zero-order valence-electron chi connectivity index (χ0n) is 8.98. The lowest BCUT2D eigenvalue weighted by molar-refractivity contribution is 0.108. The van der Waals surface area contributed by atoms with Gasteiger partial charge in [0.1, 0.15) is 0 Å². The lowest BCUT2D eigenvalue weighted by atomic mass is 10.3. The molecule has 84 valence electrons. The van der Waals surface area contributed by atoms with Gasteiger partial charge in [0.05, 0.1) is 11.8 Å². The van der Waals surface area contributed by atoms with Gasteiger partial charge >= 0.3 is 0 Å². The standard InChI is InChI=1S/C10H17N3OS/c1-14-9-3-5-13(6-9)4-2-8-7-15-10(11)12-8/h7,9H,2-6H2,1H3,(H2,11,12). The van der Waals surface area contributed by atoms with Crippen LogP contribution in [-0.4, -0.2) is 42.7 Å². The summed E-state index contributed by atoms with van der Waals surface area (Å²) in [6, 6.07) is 0. The van der Waals surface area contributed by atoms with E-state index in [1.807, 2.05) is 5.38 Å². The summed E-state index contributed by atoms with van der Waals surface area (Å²) in [5.41, 5.74) is 6.69. The van der Waals surface area contributed by atoms with Gasteiger partial charge in [0.15, 0.2) is 5.13 Å². The molecule has 0 aliphatic carbocycles. The molecule has 0 spiro atoms. The molecule has 1 aliphatic heterocycles. The first-order chi connectivity index (χ1) is 7.28. The molecule has 0 amide bonds. The minimum atomic E-state index is 0.422. The molecule has 1 aliphatic rings. The maximum atomic E-state index is 5.58. The molecule has 1 aromatic heterocycles. The van der Waals surface area contributed by atoms with Crippen LogP contribution in [0.3, 0.4) is 0 Å². The Morgan fingerprint density at radius 2 is 2.60 bits per heavy atom. The Bertz CT molecular complexity index is 315. The SMILES string of the molecule is COC1CCN(CCc2csc(N)n2)C1. The second kappa shape index (κ2) is 4.92. The van der Waals surface area contributed by atoms with Crippen molar-refractivity contribution in [1.82, 2.24) is 9.88 Å². The quantitative estimate of drug-likeness (QED) is 0.833. The average Bonchev–Trinajstić information content (AvgIpc) is 2.83. The summed E-state index contributed by atoms with van der Waals surface area (Å²) in [6.07, 6.45) is 2.56. The molecule has 5 heteroatoms. The molecule has 1 saturated heterocycles. The number of thiazole rings is 1. The Morgan fingerprint density at radius 1 is 1.73 bits per heavy atom. The van der Waals surface area contributed by atoms with Crippen molar-refractivity contribution in [3.63, 3.8) is 0 Å². The minimum Gasteiger partial charge on any atom is -0.380 e. The first-order valence-electron chi connectivity index (χ1n) is 5.23. The van der Waals surface area contributed by atoms with Crippen LogP contribution in [-0.2, 0) is 11.2 Å². The molecule has 2 N–H and O–H groups in total. The highest BCUT2D eigenvalue weighted by molar-refractivity contribution is 7.13. The van der Waals surface area contributed by atoms with Crippen molar-refractivity contribution >= 4 is 16.5 Å². The normalized spacial score (nSPS) is 22.3. The van der Waals surface area contributed by atoms with Crippen molar-refractivity contribution in [2.24, 2.45) is 0 Å². The predicted molar refractivity (Wildman–Crippen MR) is 62.1 cm³/mol. The van der Waals surface area contributed by atoms with Gasteiger partial charge in [-0.1, -0.05) is 0 Å². The smallest absolute Gasteiger partial charge is 0.180 e. The minimum absolute atomic E-state index is 0.422. The number of anilines is 1. The van der Waals surface area contributed by atoms with E-state index in [0.717, 1.165) is 38.2 Å². The summed E-state index contributed by atoms with van der Waals surface area (Å²) < 4.78 is 5.32. The van der Waals surface area contributed by atoms with E-state index in [0.29, 0.717) is 11.2 Å². The molecule has 1 atom stereocenters. The molecular weight excluding hydrogens is 210 g/mol. The molecule has 2 rings (SSSR count). The third-order valence-electron chi connectivity index (χ3n) is 2.82. The maximum absolute atomic E-state index is 5.58. The Labute approximate surface area is 94.1 Å². The van der Waals surface area contributed by atoms with Crippen LogP contribution in [0.2, 0.25) is 0 Å². The molecule has 4 nitrogen and oxygen atoms in total. The monoisotopic (exact) mass is 227 g/mol. The largest absolute Gasteiger partial charge is 0.380 e. The van der Waals surface area contributed by atoms with Crippen LogP contribution < -0.4 is 5.73 Å². The van der Waals surface area contributed by atoms with Crippen LogP contribution in [0.25, 0.3) is 0 Å². The number of aromatic nitrogens is 1. The summed E-state index contributed by atoms with van der Waals surface area (Å²) in [4.78, 5) is 6.67. The van der Waals surface area contributed by atoms with Gasteiger partial charge in [-0.3, -0.25) is 0 Å². The summed E-state index contributed by atoms with van der Waals surface area (Å²) in [7, 11) is 1.79. The molecule has 15 heavy (non-hydrogen) atoms. The fourth-order valence-electron chi connectivity index (χ4n) is 1.90. The number of methoxy groups -OCH3 is 1. The van der Waals surface area contributed by atoms with Crippen LogP contribution in [0, 0.1) is 0 Å². The fourth-order valence-corrected chi connectivity index (χ4v) is 2.50. The zero-order chi connectivity index (χ0) is 10.7. The van der Waals surface area contributed by atoms with E-state index in [-0.39, 0.29) is 0 Å². The molecule has 1 fully saturated rings. The number of nitrogens with two attached hydrogens (primary N) is 1. The van der Waals surface area contributed by atoms with Crippen molar-refractivity contribution in [1.29, 1.82) is 0 Å². The second-order valence-corrected chi connectivity index (χ2v) is 4.76. The second-order valence-electron chi connectivity index (χ2n) is 3.87. The molecule has 0 saturated carbocycles. The molecule has 0 radical (unpaired) electrons. The molecule has 1 aromatic rings. The third kappa shape index (κ3) is 2.90. The Balaban J connectivity index is 1.75. The van der Waals surface area contributed by atoms with Crippen molar-refractivity contribution in [2.75, 3.05) is 32.5 Å². The van der Waals surface area contributed by atoms with Gasteiger partial charge in [0.2, 0.25) is 0 Å². The van der Waals surface area contributed by atoms with Crippen molar-refractivity contribution in [3.8, 4) is 0 Å². The lowest BCUT2D eigenvalue weighted by Crippen LogP contribution is -2.25. The summed E-state index contributed by atoms with van der Waals surface area (Å²) in [5, 5.41) is 2.71. The van der Waals surface area contributed by atoms with E-state index in [1.54, 1.807) is 7.11 Å². The summed E-state index contributed by atoms with van der Waals surface area (Å²) >= 11 is 1.52. The summed E-state index contributed by atoms with van der Waals surface area (Å²) in [5.74, 6) is 0. The molecule has 2 heterocycles. The van der Waals surface area contributed by atoms with E-state index in [1.165, 1.54) is 11.3 Å². The third-order valence-corrected chi connectivity index (χ3v) is 3.54. The van der Waals surface area contributed by atoms with Crippen molar-refractivity contribution in [2.45, 2.75) is 18.9 Å². The molecular formula is C10H17N3OS. The number of ether oxygens (including phenoxy) is 1. The highest BCUT2D eigenvalue weighted by Gasteiger charge is 2.21. The number of hydrogen-bond acceptors (Lipinski definition) is 5. The Morgan fingerprint density at radius 3 is 3.20 bits per heavy atom. The predicted octanol–water partition coefficient (Wildman–Crippen LogP) is 0.988. The number of likely N-dealkylation sites (tertiary alicyclic amines) is 1. The fraction of sp³-hybridized carbons (Fsp3) is 0.700. The number of nitrogen functional groups attached to an aromatic ring is 1. The molecule has 1 unspecified atom stereocenters. The van der Waals surface area contributed by atoms with Gasteiger partial charge in [-0.05, 0) is 6.42 Å². The highest BCUT2D eigenvalue weighted by Crippen LogP contribution is 2.15. The van der Waals surface area contributed by atoms with Crippen LogP contribution in [0.4, 0.5) is 5.13 Å². The average molecular weight is 227 g/mol. The Kier molecular flexibility index (Phi) is 3.56. The van der Waals surface area contributed by atoms with Crippen LogP contribution in [0.15, 0.2) is 5.38 Å². The number of hydrogen-bond donors (Lipinski definition) is 1. The first-order valence-corrected chi connectivity index (χ1v) is 6.11. The van der Waals surface area contributed by atoms with Crippen LogP contribution in [0.5, 0.6) is 0 Å². The van der Waals surface area contributed by atoms with Gasteiger partial charge < -0.3 is 15.4 Å². The van der Waals surface area contributed by atoms with E-state index in [4.69, 9.17) is 10.5 Å². The number of nitrogens with zero attached hydrogens (tertiary/aromatic N) is 2. The first kappa shape index (κ1) is 10.9. The van der Waals surface area contributed by atoms with E-state index < -0.39 is 0 Å². The summed E-state index contributed by atoms with van der Waals surface area (Å²) in [6.45, 7) is 3.25. The van der Waals surface area contributed by atoms with E-state index in [9.17, 15) is 0 Å². The zero-order valence-corrected chi connectivity index (χ0v) is 9.80. The maximum Gasteiger partial charge on any atom is 0.180 e. The van der Waals surface area contributed by atoms with E-state index in [2.05, 4.69) is 9.88 Å². The van der Waals surface area contributed by atoms with Gasteiger partial charge in [-0.15, -0.1) is 11.3 Å². The molecule has 0 bridgehead atoms. The topological polar surface area (TPSA) is 51.4 Å². The van der Waals surface area contributed by atoms with Crippen molar-refractivity contribution in [3.05, 3.63) is 11.1 Å². The lowest BCUT2D eigenvalue weighted by Gasteiger charge is -2.14. The Hall–Kier alpha value is -0.650. The van der Waals surface area contributed by atoms with E-state index >= 15 is 0 Å². The molecule has 0 aromatic carbocycles. The number of rotatable bonds is 4. The van der Waals surface area contributed by atoms with Gasteiger partial charge in [-0.2, -0.15) is 0 Å². The van der Waals surface area contributed by atoms with Crippen LogP contribution >= 0.6 is 11.3 Å². The van der Waals surface area contributed by atoms with Crippen LogP contribution in [0.1, 0.15) is 12.1 Å². The van der Waals surface area contributed by atoms with Gasteiger partial charge in [0, 0.05) is 38.5 Å². The van der Waals surface area contributed by atoms with Gasteiger partial charge in [-0.25, -0.2) is 4.98 Å². The van der Waals surface area contributed by atoms with Gasteiger partial charge in [0.25, 0.3) is 0 Å².